The molecule has 1 saturated heterocycles. The lowest BCUT2D eigenvalue weighted by atomic mass is 10.1. The van der Waals surface area contributed by atoms with Crippen molar-refractivity contribution in [1.82, 2.24) is 19.9 Å². The molecule has 10 heteroatoms. The fourth-order valence-electron chi connectivity index (χ4n) is 2.91. The van der Waals surface area contributed by atoms with Crippen LogP contribution in [0.15, 0.2) is 35.2 Å². The molecule has 0 spiro atoms. The molecule has 0 aliphatic carbocycles. The van der Waals surface area contributed by atoms with Gasteiger partial charge < -0.3 is 5.32 Å². The molecule has 1 N–H and O–H groups in total. The second kappa shape index (κ2) is 7.98. The Kier molecular flexibility index (Phi) is 5.42. The normalized spacial score (nSPS) is 16.8. The summed E-state index contributed by atoms with van der Waals surface area (Å²) in [5.41, 5.74) is 0.626. The van der Waals surface area contributed by atoms with Crippen molar-refractivity contribution < 1.29 is 13.6 Å². The number of hydrogen-bond acceptors (Lipinski definition) is 7. The van der Waals surface area contributed by atoms with Crippen molar-refractivity contribution in [2.45, 2.75) is 18.8 Å². The number of carbonyl (C=O) groups excluding carboxylic acids is 1. The standard InChI is InChI=1S/C18H17F2N5OS2/c19-18(20)3-6-25(7-4-18)11-15(26)23-14-10-12(17-21-5-9-28-17)22-16(24-14)13-2-1-8-27-13/h1-2,5,8-10H,3-4,6-7,11H2,(H,22,23,24,26). The van der Waals surface area contributed by atoms with Gasteiger partial charge in [-0.3, -0.25) is 9.69 Å². The quantitative estimate of drug-likeness (QED) is 0.674. The first kappa shape index (κ1) is 19.0. The summed E-state index contributed by atoms with van der Waals surface area (Å²) in [7, 11) is 0. The molecule has 3 aromatic rings. The van der Waals surface area contributed by atoms with Crippen LogP contribution in [0.4, 0.5) is 14.6 Å². The second-order valence-electron chi connectivity index (χ2n) is 6.46. The average Bonchev–Trinajstić information content (AvgIpc) is 3.37. The van der Waals surface area contributed by atoms with Crippen molar-refractivity contribution >= 4 is 34.4 Å². The van der Waals surface area contributed by atoms with Crippen LogP contribution in [-0.4, -0.2) is 51.3 Å². The van der Waals surface area contributed by atoms with Crippen molar-refractivity contribution in [2.75, 3.05) is 25.0 Å². The molecule has 0 unspecified atom stereocenters. The van der Waals surface area contributed by atoms with Crippen LogP contribution in [-0.2, 0) is 4.79 Å². The highest BCUT2D eigenvalue weighted by Gasteiger charge is 2.34. The second-order valence-corrected chi connectivity index (χ2v) is 8.30. The Bertz CT molecular complexity index is 885. The fraction of sp³-hybridized carbons (Fsp3) is 0.333. The number of amides is 1. The number of nitrogens with zero attached hydrogens (tertiary/aromatic N) is 4. The zero-order valence-corrected chi connectivity index (χ0v) is 16.4. The lowest BCUT2D eigenvalue weighted by molar-refractivity contribution is -0.119. The zero-order chi connectivity index (χ0) is 19.6. The number of aromatic nitrogens is 3. The number of anilines is 1. The highest BCUT2D eigenvalue weighted by Crippen LogP contribution is 2.29. The SMILES string of the molecule is O=C(CN1CCC(F)(F)CC1)Nc1cc(-c2nccs2)nc(-c2cccs2)n1. The van der Waals surface area contributed by atoms with Gasteiger partial charge in [-0.25, -0.2) is 23.7 Å². The Morgan fingerprint density at radius 2 is 2.04 bits per heavy atom. The molecule has 0 aromatic carbocycles. The minimum absolute atomic E-state index is 0.0566. The molecule has 6 nitrogen and oxygen atoms in total. The molecule has 1 aliphatic heterocycles. The van der Waals surface area contributed by atoms with Crippen molar-refractivity contribution in [1.29, 1.82) is 0 Å². The molecule has 0 saturated carbocycles. The molecule has 0 bridgehead atoms. The molecule has 4 heterocycles. The predicted octanol–water partition coefficient (Wildman–Crippen LogP) is 4.00. The first-order chi connectivity index (χ1) is 13.5. The summed E-state index contributed by atoms with van der Waals surface area (Å²) in [6.07, 6.45) is 1.26. The van der Waals surface area contributed by atoms with Gasteiger partial charge in [0.25, 0.3) is 5.92 Å². The summed E-state index contributed by atoms with van der Waals surface area (Å²) in [4.78, 5) is 28.3. The molecule has 28 heavy (non-hydrogen) atoms. The number of halogens is 2. The van der Waals surface area contributed by atoms with Crippen molar-refractivity contribution in [3.8, 4) is 21.4 Å². The summed E-state index contributed by atoms with van der Waals surface area (Å²) in [6, 6.07) is 5.49. The maximum absolute atomic E-state index is 13.3. The van der Waals surface area contributed by atoms with E-state index in [1.807, 2.05) is 22.9 Å². The van der Waals surface area contributed by atoms with E-state index in [0.717, 1.165) is 9.88 Å². The first-order valence-electron chi connectivity index (χ1n) is 8.71. The van der Waals surface area contributed by atoms with Crippen LogP contribution >= 0.6 is 22.7 Å². The summed E-state index contributed by atoms with van der Waals surface area (Å²) < 4.78 is 26.5. The van der Waals surface area contributed by atoms with E-state index in [1.54, 1.807) is 17.2 Å². The number of nitrogens with one attached hydrogen (secondary N) is 1. The summed E-state index contributed by atoms with van der Waals surface area (Å²) in [5, 5.41) is 7.29. The van der Waals surface area contributed by atoms with Crippen LogP contribution in [0.1, 0.15) is 12.8 Å². The van der Waals surface area contributed by atoms with Gasteiger partial charge in [0.05, 0.1) is 11.4 Å². The van der Waals surface area contributed by atoms with Crippen LogP contribution in [0.3, 0.4) is 0 Å². The predicted molar refractivity (Wildman–Crippen MR) is 106 cm³/mol. The van der Waals surface area contributed by atoms with Crippen molar-refractivity contribution in [3.05, 3.63) is 35.2 Å². The van der Waals surface area contributed by atoms with Gasteiger partial charge in [-0.05, 0) is 11.4 Å². The van der Waals surface area contributed by atoms with Crippen LogP contribution in [0, 0.1) is 0 Å². The van der Waals surface area contributed by atoms with Crippen LogP contribution in [0.2, 0.25) is 0 Å². The number of piperidine rings is 1. The number of rotatable bonds is 5. The number of thiazole rings is 1. The lowest BCUT2D eigenvalue weighted by Gasteiger charge is -2.31. The third-order valence-electron chi connectivity index (χ3n) is 4.34. The number of carbonyl (C=O) groups is 1. The van der Waals surface area contributed by atoms with Crippen LogP contribution in [0.25, 0.3) is 21.4 Å². The minimum atomic E-state index is -2.63. The van der Waals surface area contributed by atoms with E-state index >= 15 is 0 Å². The maximum Gasteiger partial charge on any atom is 0.250 e. The molecule has 1 fully saturated rings. The molecular weight excluding hydrogens is 404 g/mol. The topological polar surface area (TPSA) is 71.0 Å². The number of alkyl halides is 2. The minimum Gasteiger partial charge on any atom is -0.309 e. The highest BCUT2D eigenvalue weighted by atomic mass is 32.1. The highest BCUT2D eigenvalue weighted by molar-refractivity contribution is 7.13. The molecule has 1 amide bonds. The van der Waals surface area contributed by atoms with Crippen molar-refractivity contribution in [3.63, 3.8) is 0 Å². The Labute approximate surface area is 168 Å². The van der Waals surface area contributed by atoms with Gasteiger partial charge in [-0.15, -0.1) is 22.7 Å². The Balaban J connectivity index is 1.51. The van der Waals surface area contributed by atoms with E-state index in [4.69, 9.17) is 0 Å². The van der Waals surface area contributed by atoms with E-state index in [1.165, 1.54) is 22.7 Å². The van der Waals surface area contributed by atoms with E-state index in [9.17, 15) is 13.6 Å². The van der Waals surface area contributed by atoms with Crippen LogP contribution in [0.5, 0.6) is 0 Å². The molecular formula is C18H17F2N5OS2. The fourth-order valence-corrected chi connectivity index (χ4v) is 4.17. The van der Waals surface area contributed by atoms with E-state index in [-0.39, 0.29) is 38.4 Å². The Hall–Kier alpha value is -2.30. The van der Waals surface area contributed by atoms with Gasteiger partial charge in [0.1, 0.15) is 16.5 Å². The first-order valence-corrected chi connectivity index (χ1v) is 10.5. The molecule has 0 radical (unpaired) electrons. The molecule has 0 atom stereocenters. The van der Waals surface area contributed by atoms with Gasteiger partial charge in [0, 0.05) is 43.6 Å². The summed E-state index contributed by atoms with van der Waals surface area (Å²) in [6.45, 7) is 0.463. The third kappa shape index (κ3) is 4.57. The maximum atomic E-state index is 13.3. The van der Waals surface area contributed by atoms with Gasteiger partial charge in [-0.2, -0.15) is 0 Å². The smallest absolute Gasteiger partial charge is 0.250 e. The van der Waals surface area contributed by atoms with E-state index in [0.29, 0.717) is 17.3 Å². The van der Waals surface area contributed by atoms with Gasteiger partial charge in [-0.1, -0.05) is 6.07 Å². The van der Waals surface area contributed by atoms with Crippen molar-refractivity contribution in [2.24, 2.45) is 0 Å². The van der Waals surface area contributed by atoms with Gasteiger partial charge in [0.15, 0.2) is 5.82 Å². The largest absolute Gasteiger partial charge is 0.309 e. The monoisotopic (exact) mass is 421 g/mol. The van der Waals surface area contributed by atoms with Gasteiger partial charge >= 0.3 is 0 Å². The molecule has 3 aromatic heterocycles. The van der Waals surface area contributed by atoms with E-state index in [2.05, 4.69) is 20.3 Å². The number of thiophene rings is 1. The van der Waals surface area contributed by atoms with Gasteiger partial charge in [0.2, 0.25) is 5.91 Å². The molecule has 1 aliphatic rings. The average molecular weight is 421 g/mol. The molecule has 146 valence electrons. The van der Waals surface area contributed by atoms with Crippen LogP contribution < -0.4 is 5.32 Å². The molecule has 4 rings (SSSR count). The summed E-state index contributed by atoms with van der Waals surface area (Å²) in [5.74, 6) is -2.03. The Morgan fingerprint density at radius 1 is 1.21 bits per heavy atom. The Morgan fingerprint density at radius 3 is 2.71 bits per heavy atom. The number of hydrogen-bond donors (Lipinski definition) is 1. The van der Waals surface area contributed by atoms with E-state index < -0.39 is 5.92 Å². The number of likely N-dealkylation sites (tertiary alicyclic amines) is 1. The third-order valence-corrected chi connectivity index (χ3v) is 6.00. The summed E-state index contributed by atoms with van der Waals surface area (Å²) >= 11 is 2.95. The zero-order valence-electron chi connectivity index (χ0n) is 14.8. The lowest BCUT2D eigenvalue weighted by Crippen LogP contribution is -2.43.